The zero-order chi connectivity index (χ0) is 13.4. The molecule has 0 aromatic carbocycles. The Morgan fingerprint density at radius 2 is 1.79 bits per heavy atom. The molecule has 1 fully saturated rings. The van der Waals surface area contributed by atoms with E-state index in [2.05, 4.69) is 49.3 Å². The lowest BCUT2D eigenvalue weighted by atomic mass is 9.80. The van der Waals surface area contributed by atoms with Crippen LogP contribution in [0, 0.1) is 11.8 Å². The SMILES string of the molecule is CC1CC(C)CC(NC2C[C@H](C)Sc3sccc32)C1. The normalized spacial score (nSPS) is 39.0. The Morgan fingerprint density at radius 3 is 2.53 bits per heavy atom. The third-order valence-corrected chi connectivity index (χ3v) is 6.87. The van der Waals surface area contributed by atoms with Crippen LogP contribution in [0.1, 0.15) is 58.1 Å². The highest BCUT2D eigenvalue weighted by atomic mass is 32.2. The van der Waals surface area contributed by atoms with Gasteiger partial charge >= 0.3 is 0 Å². The average Bonchev–Trinajstić information content (AvgIpc) is 2.75. The van der Waals surface area contributed by atoms with Crippen molar-refractivity contribution in [3.63, 3.8) is 0 Å². The van der Waals surface area contributed by atoms with Gasteiger partial charge in [0.05, 0.1) is 4.21 Å². The van der Waals surface area contributed by atoms with Crippen LogP contribution in [0.2, 0.25) is 0 Å². The number of hydrogen-bond acceptors (Lipinski definition) is 3. The monoisotopic (exact) mass is 295 g/mol. The molecule has 1 aliphatic carbocycles. The minimum Gasteiger partial charge on any atom is -0.307 e. The number of fused-ring (bicyclic) bond motifs is 1. The Bertz CT molecular complexity index is 418. The molecule has 2 aliphatic rings. The summed E-state index contributed by atoms with van der Waals surface area (Å²) in [6.45, 7) is 7.20. The molecule has 106 valence electrons. The van der Waals surface area contributed by atoms with Gasteiger partial charge in [0, 0.05) is 17.3 Å². The quantitative estimate of drug-likeness (QED) is 0.816. The Kier molecular flexibility index (Phi) is 4.25. The Hall–Kier alpha value is 0.0100. The summed E-state index contributed by atoms with van der Waals surface area (Å²) < 4.78 is 1.55. The molecular formula is C16H25NS2. The van der Waals surface area contributed by atoms with Crippen LogP contribution in [0.5, 0.6) is 0 Å². The van der Waals surface area contributed by atoms with Crippen LogP contribution in [0.15, 0.2) is 15.7 Å². The highest BCUT2D eigenvalue weighted by molar-refractivity contribution is 8.01. The fraction of sp³-hybridized carbons (Fsp3) is 0.750. The molecule has 1 aromatic rings. The first kappa shape index (κ1) is 14.0. The van der Waals surface area contributed by atoms with Crippen molar-refractivity contribution < 1.29 is 0 Å². The van der Waals surface area contributed by atoms with Gasteiger partial charge in [0.2, 0.25) is 0 Å². The first-order valence-electron chi connectivity index (χ1n) is 7.62. The van der Waals surface area contributed by atoms with Gasteiger partial charge in [-0.2, -0.15) is 0 Å². The third kappa shape index (κ3) is 3.20. The van der Waals surface area contributed by atoms with Crippen molar-refractivity contribution >= 4 is 23.1 Å². The lowest BCUT2D eigenvalue weighted by molar-refractivity contribution is 0.222. The molecule has 19 heavy (non-hydrogen) atoms. The minimum atomic E-state index is 0.597. The number of thiophene rings is 1. The molecule has 3 unspecified atom stereocenters. The van der Waals surface area contributed by atoms with Crippen LogP contribution in [-0.4, -0.2) is 11.3 Å². The van der Waals surface area contributed by atoms with E-state index in [1.807, 2.05) is 11.3 Å². The number of hydrogen-bond donors (Lipinski definition) is 1. The molecule has 0 saturated heterocycles. The maximum absolute atomic E-state index is 3.98. The largest absolute Gasteiger partial charge is 0.307 e. The van der Waals surface area contributed by atoms with E-state index >= 15 is 0 Å². The zero-order valence-electron chi connectivity index (χ0n) is 12.2. The molecule has 2 heterocycles. The lowest BCUT2D eigenvalue weighted by Gasteiger charge is -2.37. The van der Waals surface area contributed by atoms with Gasteiger partial charge in [0.1, 0.15) is 0 Å². The molecule has 1 aliphatic heterocycles. The van der Waals surface area contributed by atoms with Gasteiger partial charge in [-0.3, -0.25) is 0 Å². The molecular weight excluding hydrogens is 270 g/mol. The molecule has 1 aromatic heterocycles. The van der Waals surface area contributed by atoms with Crippen LogP contribution >= 0.6 is 23.1 Å². The van der Waals surface area contributed by atoms with E-state index in [0.717, 1.165) is 23.1 Å². The van der Waals surface area contributed by atoms with E-state index in [-0.39, 0.29) is 0 Å². The Morgan fingerprint density at radius 1 is 1.05 bits per heavy atom. The predicted molar refractivity (Wildman–Crippen MR) is 86.1 cm³/mol. The van der Waals surface area contributed by atoms with Crippen molar-refractivity contribution in [2.45, 2.75) is 68.0 Å². The van der Waals surface area contributed by atoms with Crippen molar-refractivity contribution in [3.8, 4) is 0 Å². The van der Waals surface area contributed by atoms with Gasteiger partial charge in [-0.1, -0.05) is 20.8 Å². The van der Waals surface area contributed by atoms with E-state index in [1.165, 1.54) is 25.7 Å². The first-order chi connectivity index (χ1) is 9.11. The molecule has 3 heteroatoms. The predicted octanol–water partition coefficient (Wildman–Crippen LogP) is 5.09. The third-order valence-electron chi connectivity index (χ3n) is 4.53. The fourth-order valence-corrected chi connectivity index (χ4v) is 6.44. The summed E-state index contributed by atoms with van der Waals surface area (Å²) in [5.41, 5.74) is 1.57. The maximum Gasteiger partial charge on any atom is 0.0649 e. The highest BCUT2D eigenvalue weighted by Gasteiger charge is 2.30. The van der Waals surface area contributed by atoms with Crippen LogP contribution in [0.4, 0.5) is 0 Å². The molecule has 0 spiro atoms. The van der Waals surface area contributed by atoms with Gasteiger partial charge < -0.3 is 5.32 Å². The summed E-state index contributed by atoms with van der Waals surface area (Å²) in [6, 6.07) is 3.67. The van der Waals surface area contributed by atoms with E-state index in [0.29, 0.717) is 6.04 Å². The van der Waals surface area contributed by atoms with Gasteiger partial charge in [-0.05, 0) is 54.5 Å². The number of nitrogens with one attached hydrogen (secondary N) is 1. The van der Waals surface area contributed by atoms with E-state index in [9.17, 15) is 0 Å². The standard InChI is InChI=1S/C16H25NS2/c1-10-6-11(2)8-13(7-10)17-15-9-12(3)19-16-14(15)4-5-18-16/h4-5,10-13,15,17H,6-9H2,1-3H3/t10?,11?,12-,13?,15?/m0/s1. The van der Waals surface area contributed by atoms with Crippen molar-refractivity contribution in [2.24, 2.45) is 11.8 Å². The summed E-state index contributed by atoms with van der Waals surface area (Å²) in [4.78, 5) is 0. The summed E-state index contributed by atoms with van der Waals surface area (Å²) >= 11 is 3.98. The summed E-state index contributed by atoms with van der Waals surface area (Å²) in [5.74, 6) is 1.78. The minimum absolute atomic E-state index is 0.597. The second-order valence-electron chi connectivity index (χ2n) is 6.66. The topological polar surface area (TPSA) is 12.0 Å². The van der Waals surface area contributed by atoms with Crippen LogP contribution in [0.25, 0.3) is 0 Å². The number of rotatable bonds is 2. The molecule has 0 radical (unpaired) electrons. The van der Waals surface area contributed by atoms with Crippen LogP contribution < -0.4 is 5.32 Å². The van der Waals surface area contributed by atoms with Gasteiger partial charge in [0.15, 0.2) is 0 Å². The van der Waals surface area contributed by atoms with Gasteiger partial charge in [-0.25, -0.2) is 0 Å². The summed E-state index contributed by atoms with van der Waals surface area (Å²) in [7, 11) is 0. The van der Waals surface area contributed by atoms with Gasteiger partial charge in [-0.15, -0.1) is 23.1 Å². The molecule has 3 rings (SSSR count). The molecule has 1 saturated carbocycles. The van der Waals surface area contributed by atoms with Crippen molar-refractivity contribution in [3.05, 3.63) is 17.0 Å². The van der Waals surface area contributed by atoms with Crippen LogP contribution in [-0.2, 0) is 0 Å². The van der Waals surface area contributed by atoms with E-state index < -0.39 is 0 Å². The average molecular weight is 296 g/mol. The molecule has 1 nitrogen and oxygen atoms in total. The van der Waals surface area contributed by atoms with E-state index in [4.69, 9.17) is 0 Å². The number of thioether (sulfide) groups is 1. The van der Waals surface area contributed by atoms with Crippen molar-refractivity contribution in [1.82, 2.24) is 5.32 Å². The summed E-state index contributed by atoms with van der Waals surface area (Å²) in [5, 5.41) is 7.00. The molecule has 0 amide bonds. The summed E-state index contributed by atoms with van der Waals surface area (Å²) in [6.07, 6.45) is 5.43. The Labute approximate surface area is 125 Å². The Balaban J connectivity index is 1.70. The van der Waals surface area contributed by atoms with Crippen LogP contribution in [0.3, 0.4) is 0 Å². The zero-order valence-corrected chi connectivity index (χ0v) is 13.8. The molecule has 1 N–H and O–H groups in total. The smallest absolute Gasteiger partial charge is 0.0649 e. The molecule has 0 bridgehead atoms. The fourth-order valence-electron chi connectivity index (χ4n) is 3.87. The maximum atomic E-state index is 3.98. The van der Waals surface area contributed by atoms with Gasteiger partial charge in [0.25, 0.3) is 0 Å². The first-order valence-corrected chi connectivity index (χ1v) is 9.38. The van der Waals surface area contributed by atoms with Crippen molar-refractivity contribution in [2.75, 3.05) is 0 Å². The van der Waals surface area contributed by atoms with E-state index in [1.54, 1.807) is 9.77 Å². The second kappa shape index (κ2) is 5.79. The second-order valence-corrected chi connectivity index (χ2v) is 9.28. The highest BCUT2D eigenvalue weighted by Crippen LogP contribution is 2.44. The van der Waals surface area contributed by atoms with Crippen molar-refractivity contribution in [1.29, 1.82) is 0 Å². The lowest BCUT2D eigenvalue weighted by Crippen LogP contribution is -2.40. The molecule has 4 atom stereocenters.